The lowest BCUT2D eigenvalue weighted by Crippen LogP contribution is -2.33. The predicted octanol–water partition coefficient (Wildman–Crippen LogP) is 0.366. The van der Waals surface area contributed by atoms with Crippen LogP contribution in [0.3, 0.4) is 0 Å². The first-order chi connectivity index (χ1) is 9.70. The van der Waals surface area contributed by atoms with Crippen molar-refractivity contribution in [3.63, 3.8) is 0 Å². The van der Waals surface area contributed by atoms with Crippen molar-refractivity contribution >= 4 is 23.9 Å². The van der Waals surface area contributed by atoms with Crippen molar-refractivity contribution in [3.8, 4) is 0 Å². The lowest BCUT2D eigenvalue weighted by atomic mass is 10.1. The van der Waals surface area contributed by atoms with Crippen molar-refractivity contribution in [3.05, 3.63) is 0 Å². The number of rotatable bonds is 8. The molecule has 0 amide bonds. The van der Waals surface area contributed by atoms with Crippen molar-refractivity contribution in [2.45, 2.75) is 46.3 Å². The molecular weight excluding hydrogens is 284 g/mol. The summed E-state index contributed by atoms with van der Waals surface area (Å²) in [6.45, 7) is 4.49. The van der Waals surface area contributed by atoms with E-state index in [-0.39, 0.29) is 19.6 Å². The minimum Gasteiger partial charge on any atom is -0.462 e. The minimum atomic E-state index is -0.800. The Labute approximate surface area is 122 Å². The first-order valence-corrected chi connectivity index (χ1v) is 6.31. The van der Waals surface area contributed by atoms with Crippen molar-refractivity contribution in [2.24, 2.45) is 0 Å². The molecule has 8 nitrogen and oxygen atoms in total. The van der Waals surface area contributed by atoms with Crippen LogP contribution in [0, 0.1) is 0 Å². The third-order valence-corrected chi connectivity index (χ3v) is 2.14. The molecule has 0 spiro atoms. The van der Waals surface area contributed by atoms with Gasteiger partial charge in [0.1, 0.15) is 25.4 Å². The molecule has 0 saturated carbocycles. The molecular formula is C13H20O8. The van der Waals surface area contributed by atoms with Crippen LogP contribution in [0.15, 0.2) is 0 Å². The number of hydrogen-bond donors (Lipinski definition) is 0. The molecule has 0 aliphatic heterocycles. The Hall–Kier alpha value is -2.12. The van der Waals surface area contributed by atoms with Gasteiger partial charge in [0.05, 0.1) is 0 Å². The molecule has 0 rings (SSSR count). The van der Waals surface area contributed by atoms with E-state index >= 15 is 0 Å². The molecule has 120 valence electrons. The highest BCUT2D eigenvalue weighted by atomic mass is 16.6. The third kappa shape index (κ3) is 11.4. The highest BCUT2D eigenvalue weighted by molar-refractivity contribution is 5.67. The maximum absolute atomic E-state index is 11.0. The topological polar surface area (TPSA) is 105 Å². The van der Waals surface area contributed by atoms with Crippen LogP contribution >= 0.6 is 0 Å². The number of ether oxygens (including phenoxy) is 4. The van der Waals surface area contributed by atoms with E-state index < -0.39 is 36.1 Å². The maximum Gasteiger partial charge on any atom is 0.303 e. The molecule has 0 aromatic heterocycles. The van der Waals surface area contributed by atoms with Gasteiger partial charge in [-0.1, -0.05) is 0 Å². The van der Waals surface area contributed by atoms with Gasteiger partial charge in [-0.15, -0.1) is 0 Å². The van der Waals surface area contributed by atoms with Crippen LogP contribution in [0.4, 0.5) is 0 Å². The first-order valence-electron chi connectivity index (χ1n) is 6.31. The number of hydrogen-bond acceptors (Lipinski definition) is 8. The second-order valence-electron chi connectivity index (χ2n) is 4.30. The highest BCUT2D eigenvalue weighted by Crippen LogP contribution is 2.10. The van der Waals surface area contributed by atoms with Gasteiger partial charge in [0, 0.05) is 34.1 Å². The fourth-order valence-electron chi connectivity index (χ4n) is 1.48. The van der Waals surface area contributed by atoms with Crippen LogP contribution in [0.1, 0.15) is 34.1 Å². The van der Waals surface area contributed by atoms with Gasteiger partial charge in [0.15, 0.2) is 0 Å². The summed E-state index contributed by atoms with van der Waals surface area (Å²) in [5.74, 6) is -2.20. The summed E-state index contributed by atoms with van der Waals surface area (Å²) in [5.41, 5.74) is 0. The van der Waals surface area contributed by atoms with Gasteiger partial charge in [0.2, 0.25) is 0 Å². The predicted molar refractivity (Wildman–Crippen MR) is 69.0 cm³/mol. The molecule has 0 aromatic carbocycles. The van der Waals surface area contributed by atoms with Gasteiger partial charge in [0.25, 0.3) is 0 Å². The van der Waals surface area contributed by atoms with Gasteiger partial charge in [-0.25, -0.2) is 0 Å². The molecule has 0 heterocycles. The van der Waals surface area contributed by atoms with Gasteiger partial charge in [-0.3, -0.25) is 19.2 Å². The molecule has 0 fully saturated rings. The molecule has 0 bridgehead atoms. The summed E-state index contributed by atoms with van der Waals surface area (Å²) in [7, 11) is 0. The number of carbonyl (C=O) groups is 4. The van der Waals surface area contributed by atoms with E-state index in [2.05, 4.69) is 0 Å². The fourth-order valence-corrected chi connectivity index (χ4v) is 1.48. The first kappa shape index (κ1) is 18.9. The lowest BCUT2D eigenvalue weighted by Gasteiger charge is -2.22. The average molecular weight is 304 g/mol. The molecule has 0 aliphatic carbocycles. The summed E-state index contributed by atoms with van der Waals surface area (Å²) in [4.78, 5) is 43.6. The monoisotopic (exact) mass is 304 g/mol. The van der Waals surface area contributed by atoms with Crippen LogP contribution in [0.5, 0.6) is 0 Å². The largest absolute Gasteiger partial charge is 0.462 e. The zero-order chi connectivity index (χ0) is 16.4. The molecule has 0 saturated heterocycles. The number of carbonyl (C=O) groups excluding carboxylic acids is 4. The Bertz CT molecular complexity index is 354. The van der Waals surface area contributed by atoms with Crippen molar-refractivity contribution in [1.82, 2.24) is 0 Å². The fraction of sp³-hybridized carbons (Fsp3) is 0.692. The van der Waals surface area contributed by atoms with Crippen LogP contribution in [-0.2, 0) is 38.1 Å². The third-order valence-electron chi connectivity index (χ3n) is 2.14. The molecule has 2 atom stereocenters. The van der Waals surface area contributed by atoms with E-state index in [1.54, 1.807) is 0 Å². The molecule has 2 unspecified atom stereocenters. The van der Waals surface area contributed by atoms with Crippen molar-refractivity contribution in [1.29, 1.82) is 0 Å². The van der Waals surface area contributed by atoms with Crippen molar-refractivity contribution in [2.75, 3.05) is 13.2 Å². The summed E-state index contributed by atoms with van der Waals surface area (Å²) < 4.78 is 19.5. The lowest BCUT2D eigenvalue weighted by molar-refractivity contribution is -0.165. The SMILES string of the molecule is CC(=O)OCC(CC(COC(C)=O)OC(C)=O)OC(C)=O. The van der Waals surface area contributed by atoms with Crippen LogP contribution in [0.2, 0.25) is 0 Å². The normalized spacial score (nSPS) is 12.8. The average Bonchev–Trinajstić information content (AvgIpc) is 2.31. The molecule has 0 N–H and O–H groups in total. The second-order valence-corrected chi connectivity index (χ2v) is 4.30. The maximum atomic E-state index is 11.0. The molecule has 21 heavy (non-hydrogen) atoms. The zero-order valence-electron chi connectivity index (χ0n) is 12.5. The molecule has 0 aromatic rings. The Balaban J connectivity index is 4.65. The summed E-state index contributed by atoms with van der Waals surface area (Å²) in [5, 5.41) is 0. The Morgan fingerprint density at radius 1 is 0.667 bits per heavy atom. The number of esters is 4. The van der Waals surface area contributed by atoms with Gasteiger partial charge in [-0.05, 0) is 0 Å². The van der Waals surface area contributed by atoms with Crippen molar-refractivity contribution < 1.29 is 38.1 Å². The van der Waals surface area contributed by atoms with E-state index in [0.717, 1.165) is 0 Å². The van der Waals surface area contributed by atoms with Crippen LogP contribution in [0.25, 0.3) is 0 Å². The van der Waals surface area contributed by atoms with Gasteiger partial charge in [-0.2, -0.15) is 0 Å². The summed E-state index contributed by atoms with van der Waals surface area (Å²) >= 11 is 0. The van der Waals surface area contributed by atoms with Gasteiger partial charge < -0.3 is 18.9 Å². The van der Waals surface area contributed by atoms with E-state index in [1.807, 2.05) is 0 Å². The van der Waals surface area contributed by atoms with E-state index in [4.69, 9.17) is 18.9 Å². The molecule has 0 aliphatic rings. The highest BCUT2D eigenvalue weighted by Gasteiger charge is 2.23. The van der Waals surface area contributed by atoms with Gasteiger partial charge >= 0.3 is 23.9 Å². The van der Waals surface area contributed by atoms with E-state index in [9.17, 15) is 19.2 Å². The standard InChI is InChI=1S/C13H20O8/c1-8(14)18-6-12(20-10(3)16)5-13(21-11(4)17)7-19-9(2)15/h12-13H,5-7H2,1-4H3. The summed E-state index contributed by atoms with van der Waals surface area (Å²) in [6, 6.07) is 0. The quantitative estimate of drug-likeness (QED) is 0.467. The van der Waals surface area contributed by atoms with Crippen LogP contribution < -0.4 is 0 Å². The van der Waals surface area contributed by atoms with E-state index in [1.165, 1.54) is 27.7 Å². The second kappa shape index (κ2) is 9.73. The van der Waals surface area contributed by atoms with E-state index in [0.29, 0.717) is 0 Å². The summed E-state index contributed by atoms with van der Waals surface area (Å²) in [6.07, 6.45) is -1.56. The van der Waals surface area contributed by atoms with Crippen LogP contribution in [-0.4, -0.2) is 49.3 Å². The Kier molecular flexibility index (Phi) is 8.75. The minimum absolute atomic E-state index is 0.0414. The molecule has 8 heteroatoms. The zero-order valence-corrected chi connectivity index (χ0v) is 12.5. The molecule has 0 radical (unpaired) electrons. The smallest absolute Gasteiger partial charge is 0.303 e. The Morgan fingerprint density at radius 2 is 1.00 bits per heavy atom. The Morgan fingerprint density at radius 3 is 1.24 bits per heavy atom.